The maximum absolute atomic E-state index is 4.78. The van der Waals surface area contributed by atoms with Crippen molar-refractivity contribution in [2.45, 2.75) is 6.42 Å². The second-order valence-electron chi connectivity index (χ2n) is 4.85. The van der Waals surface area contributed by atoms with E-state index in [1.165, 1.54) is 16.6 Å². The number of nitrogens with zero attached hydrogens (tertiary/aromatic N) is 3. The summed E-state index contributed by atoms with van der Waals surface area (Å²) in [5.41, 5.74) is 3.80. The van der Waals surface area contributed by atoms with Gasteiger partial charge in [0.2, 0.25) is 0 Å². The maximum Gasteiger partial charge on any atom is 0.134 e. The molecule has 0 amide bonds. The van der Waals surface area contributed by atoms with Crippen LogP contribution in [0, 0.1) is 0 Å². The Kier molecular flexibility index (Phi) is 2.21. The van der Waals surface area contributed by atoms with Crippen molar-refractivity contribution in [2.75, 3.05) is 37.5 Å². The third-order valence-electron chi connectivity index (χ3n) is 3.45. The Morgan fingerprint density at radius 2 is 2.00 bits per heavy atom. The average molecular weight is 227 g/mol. The van der Waals surface area contributed by atoms with Crippen LogP contribution in [-0.2, 0) is 6.42 Å². The number of fused-ring (bicyclic) bond motifs is 2. The van der Waals surface area contributed by atoms with E-state index in [-0.39, 0.29) is 0 Å². The lowest BCUT2D eigenvalue weighted by Gasteiger charge is -2.20. The molecule has 17 heavy (non-hydrogen) atoms. The van der Waals surface area contributed by atoms with Crippen LogP contribution < -0.4 is 9.80 Å². The zero-order chi connectivity index (χ0) is 12.0. The summed E-state index contributed by atoms with van der Waals surface area (Å²) in [7, 11) is 6.34. The Labute approximate surface area is 102 Å². The van der Waals surface area contributed by atoms with Crippen LogP contribution in [0.4, 0.5) is 11.5 Å². The zero-order valence-corrected chi connectivity index (χ0v) is 10.6. The summed E-state index contributed by atoms with van der Waals surface area (Å²) in [5.74, 6) is 1.15. The molecule has 88 valence electrons. The highest BCUT2D eigenvalue weighted by Gasteiger charge is 2.23. The van der Waals surface area contributed by atoms with Gasteiger partial charge in [0.15, 0.2) is 0 Å². The van der Waals surface area contributed by atoms with E-state index in [2.05, 4.69) is 55.2 Å². The van der Waals surface area contributed by atoms with Gasteiger partial charge >= 0.3 is 0 Å². The quantitative estimate of drug-likeness (QED) is 0.745. The van der Waals surface area contributed by atoms with Gasteiger partial charge in [-0.3, -0.25) is 0 Å². The number of anilines is 2. The van der Waals surface area contributed by atoms with E-state index in [1.54, 1.807) is 0 Å². The molecule has 1 aliphatic heterocycles. The predicted octanol–water partition coefficient (Wildman–Crippen LogP) is 2.29. The smallest absolute Gasteiger partial charge is 0.134 e. The number of likely N-dealkylation sites (N-methyl/N-ethyl adjacent to an activating group) is 1. The summed E-state index contributed by atoms with van der Waals surface area (Å²) in [5, 5.41) is 1.26. The monoisotopic (exact) mass is 227 g/mol. The average Bonchev–Trinajstić information content (AvgIpc) is 2.67. The van der Waals surface area contributed by atoms with Crippen LogP contribution in [0.2, 0.25) is 0 Å². The van der Waals surface area contributed by atoms with Gasteiger partial charge in [0.1, 0.15) is 5.82 Å². The summed E-state index contributed by atoms with van der Waals surface area (Å²) in [6.45, 7) is 1.07. The first-order valence-corrected chi connectivity index (χ1v) is 5.98. The predicted molar refractivity (Wildman–Crippen MR) is 73.0 cm³/mol. The minimum Gasteiger partial charge on any atom is -0.377 e. The number of aromatic nitrogens is 1. The largest absolute Gasteiger partial charge is 0.377 e. The Balaban J connectivity index is 2.40. The Bertz CT molecular complexity index is 575. The SMILES string of the molecule is CN(C)c1c2c(nc3ccccc13)N(C)CC2. The summed E-state index contributed by atoms with van der Waals surface area (Å²) in [6.07, 6.45) is 1.09. The van der Waals surface area contributed by atoms with Crippen molar-refractivity contribution in [1.82, 2.24) is 4.98 Å². The summed E-state index contributed by atoms with van der Waals surface area (Å²) in [4.78, 5) is 9.23. The fourth-order valence-corrected chi connectivity index (χ4v) is 2.66. The van der Waals surface area contributed by atoms with Crippen LogP contribution in [0.1, 0.15) is 5.56 Å². The van der Waals surface area contributed by atoms with Crippen LogP contribution >= 0.6 is 0 Å². The highest BCUT2D eigenvalue weighted by atomic mass is 15.2. The summed E-state index contributed by atoms with van der Waals surface area (Å²) >= 11 is 0. The molecule has 0 aliphatic carbocycles. The molecule has 0 bridgehead atoms. The van der Waals surface area contributed by atoms with E-state index in [1.807, 2.05) is 0 Å². The van der Waals surface area contributed by atoms with Gasteiger partial charge in [-0.2, -0.15) is 0 Å². The van der Waals surface area contributed by atoms with Gasteiger partial charge in [-0.05, 0) is 12.5 Å². The van der Waals surface area contributed by atoms with Gasteiger partial charge in [0.05, 0.1) is 11.2 Å². The van der Waals surface area contributed by atoms with E-state index in [4.69, 9.17) is 4.98 Å². The fourth-order valence-electron chi connectivity index (χ4n) is 2.66. The van der Waals surface area contributed by atoms with Crippen molar-refractivity contribution in [1.29, 1.82) is 0 Å². The Morgan fingerprint density at radius 3 is 2.76 bits per heavy atom. The van der Waals surface area contributed by atoms with Gasteiger partial charge in [-0.25, -0.2) is 4.98 Å². The van der Waals surface area contributed by atoms with E-state index >= 15 is 0 Å². The lowest BCUT2D eigenvalue weighted by molar-refractivity contribution is 0.945. The highest BCUT2D eigenvalue weighted by Crippen LogP contribution is 2.37. The van der Waals surface area contributed by atoms with Gasteiger partial charge in [-0.15, -0.1) is 0 Å². The lowest BCUT2D eigenvalue weighted by atomic mass is 10.1. The topological polar surface area (TPSA) is 19.4 Å². The van der Waals surface area contributed by atoms with Gasteiger partial charge in [0, 0.05) is 38.6 Å². The molecule has 2 aromatic rings. The second-order valence-corrected chi connectivity index (χ2v) is 4.85. The third kappa shape index (κ3) is 1.46. The molecule has 0 unspecified atom stereocenters. The van der Waals surface area contributed by atoms with Crippen LogP contribution in [0.3, 0.4) is 0 Å². The molecule has 2 heterocycles. The maximum atomic E-state index is 4.78. The number of pyridine rings is 1. The van der Waals surface area contributed by atoms with E-state index in [9.17, 15) is 0 Å². The van der Waals surface area contributed by atoms with E-state index < -0.39 is 0 Å². The van der Waals surface area contributed by atoms with Crippen LogP contribution in [0.15, 0.2) is 24.3 Å². The van der Waals surface area contributed by atoms with Crippen molar-refractivity contribution in [2.24, 2.45) is 0 Å². The molecule has 3 heteroatoms. The Hall–Kier alpha value is -1.77. The third-order valence-corrected chi connectivity index (χ3v) is 3.45. The standard InChI is InChI=1S/C14H17N3/c1-16(2)13-10-6-4-5-7-12(10)15-14-11(13)8-9-17(14)3/h4-7H,8-9H2,1-3H3. The molecule has 3 nitrogen and oxygen atoms in total. The molecule has 0 N–H and O–H groups in total. The molecular formula is C14H17N3. The Morgan fingerprint density at radius 1 is 1.24 bits per heavy atom. The number of hydrogen-bond acceptors (Lipinski definition) is 3. The fraction of sp³-hybridized carbons (Fsp3) is 0.357. The number of para-hydroxylation sites is 1. The molecule has 0 saturated carbocycles. The highest BCUT2D eigenvalue weighted by molar-refractivity contribution is 5.96. The molecule has 0 fully saturated rings. The molecule has 0 spiro atoms. The minimum absolute atomic E-state index is 1.07. The summed E-state index contributed by atoms with van der Waals surface area (Å²) < 4.78 is 0. The normalized spacial score (nSPS) is 14.2. The number of rotatable bonds is 1. The molecule has 0 atom stereocenters. The van der Waals surface area contributed by atoms with Gasteiger partial charge < -0.3 is 9.80 Å². The van der Waals surface area contributed by atoms with Crippen molar-refractivity contribution < 1.29 is 0 Å². The van der Waals surface area contributed by atoms with E-state index in [0.29, 0.717) is 0 Å². The van der Waals surface area contributed by atoms with Crippen LogP contribution in [0.5, 0.6) is 0 Å². The first-order valence-electron chi connectivity index (χ1n) is 5.98. The van der Waals surface area contributed by atoms with E-state index in [0.717, 1.165) is 24.3 Å². The number of benzene rings is 1. The molecule has 1 aromatic heterocycles. The van der Waals surface area contributed by atoms with Gasteiger partial charge in [-0.1, -0.05) is 18.2 Å². The van der Waals surface area contributed by atoms with Crippen molar-refractivity contribution in [3.8, 4) is 0 Å². The molecule has 3 rings (SSSR count). The first-order chi connectivity index (χ1) is 8.18. The lowest BCUT2D eigenvalue weighted by Crippen LogP contribution is -2.14. The van der Waals surface area contributed by atoms with Crippen LogP contribution in [0.25, 0.3) is 10.9 Å². The molecule has 1 aromatic carbocycles. The van der Waals surface area contributed by atoms with Crippen molar-refractivity contribution >= 4 is 22.4 Å². The molecular weight excluding hydrogens is 210 g/mol. The second kappa shape index (κ2) is 3.62. The van der Waals surface area contributed by atoms with Crippen molar-refractivity contribution in [3.05, 3.63) is 29.8 Å². The number of hydrogen-bond donors (Lipinski definition) is 0. The molecule has 0 saturated heterocycles. The first kappa shape index (κ1) is 10.4. The van der Waals surface area contributed by atoms with Crippen LogP contribution in [-0.4, -0.2) is 32.7 Å². The molecule has 0 radical (unpaired) electrons. The summed E-state index contributed by atoms with van der Waals surface area (Å²) in [6, 6.07) is 8.39. The molecule has 1 aliphatic rings. The van der Waals surface area contributed by atoms with Crippen molar-refractivity contribution in [3.63, 3.8) is 0 Å². The van der Waals surface area contributed by atoms with Gasteiger partial charge in [0.25, 0.3) is 0 Å². The zero-order valence-electron chi connectivity index (χ0n) is 10.6. The minimum atomic E-state index is 1.07.